The minimum Gasteiger partial charge on any atom is -0.379 e. The van der Waals surface area contributed by atoms with Crippen LogP contribution in [0.1, 0.15) is 5.56 Å². The second-order valence-corrected chi connectivity index (χ2v) is 5.98. The van der Waals surface area contributed by atoms with Crippen molar-refractivity contribution >= 4 is 11.8 Å². The Labute approximate surface area is 130 Å². The lowest BCUT2D eigenvalue weighted by Gasteiger charge is -2.26. The Kier molecular flexibility index (Phi) is 4.91. The number of nitrogens with zero attached hydrogens (tertiary/aromatic N) is 2. The smallest absolute Gasteiger partial charge is 0.0964 e. The first-order chi connectivity index (χ1) is 10.3. The van der Waals surface area contributed by atoms with E-state index in [4.69, 9.17) is 4.74 Å². The van der Waals surface area contributed by atoms with Gasteiger partial charge in [-0.25, -0.2) is 4.98 Å². The van der Waals surface area contributed by atoms with Crippen LogP contribution >= 0.6 is 11.8 Å². The molecule has 0 atom stereocenters. The molecular weight excluding hydrogens is 280 g/mol. The topological polar surface area (TPSA) is 25.4 Å². The van der Waals surface area contributed by atoms with Gasteiger partial charge in [-0.1, -0.05) is 24.3 Å². The maximum Gasteiger partial charge on any atom is 0.0964 e. The summed E-state index contributed by atoms with van der Waals surface area (Å²) >= 11 is 1.68. The molecular formula is C17H20N2OS. The minimum atomic E-state index is 0.844. The fraction of sp³-hybridized carbons (Fsp3) is 0.353. The molecule has 2 aromatic rings. The van der Waals surface area contributed by atoms with Crippen LogP contribution in [0.2, 0.25) is 0 Å². The van der Waals surface area contributed by atoms with E-state index in [-0.39, 0.29) is 0 Å². The third-order valence-corrected chi connectivity index (χ3v) is 4.31. The monoisotopic (exact) mass is 300 g/mol. The van der Waals surface area contributed by atoms with Crippen LogP contribution in [-0.4, -0.2) is 42.4 Å². The van der Waals surface area contributed by atoms with E-state index < -0.39 is 0 Å². The van der Waals surface area contributed by atoms with Gasteiger partial charge in [0.15, 0.2) is 0 Å². The number of hydrogen-bond acceptors (Lipinski definition) is 4. The zero-order chi connectivity index (χ0) is 14.5. The summed E-state index contributed by atoms with van der Waals surface area (Å²) in [7, 11) is 0. The summed E-state index contributed by atoms with van der Waals surface area (Å²) in [6.07, 6.45) is 2.06. The molecule has 21 heavy (non-hydrogen) atoms. The van der Waals surface area contributed by atoms with Gasteiger partial charge in [0.05, 0.1) is 23.9 Å². The van der Waals surface area contributed by atoms with Gasteiger partial charge in [-0.05, 0) is 30.0 Å². The number of thioether (sulfide) groups is 1. The lowest BCUT2D eigenvalue weighted by Crippen LogP contribution is -2.35. The molecule has 0 radical (unpaired) electrons. The van der Waals surface area contributed by atoms with Crippen molar-refractivity contribution in [2.45, 2.75) is 11.6 Å². The average Bonchev–Trinajstić information content (AvgIpc) is 2.56. The highest BCUT2D eigenvalue weighted by atomic mass is 32.2. The third kappa shape index (κ3) is 3.84. The quantitative estimate of drug-likeness (QED) is 0.809. The summed E-state index contributed by atoms with van der Waals surface area (Å²) in [5.41, 5.74) is 3.58. The number of pyridine rings is 1. The Bertz CT molecular complexity index is 597. The predicted octanol–water partition coefficient (Wildman–Crippen LogP) is 3.30. The summed E-state index contributed by atoms with van der Waals surface area (Å²) < 4.78 is 5.40. The molecule has 0 unspecified atom stereocenters. The molecule has 1 saturated heterocycles. The summed E-state index contributed by atoms with van der Waals surface area (Å²) in [4.78, 5) is 7.12. The van der Waals surface area contributed by atoms with Crippen LogP contribution in [0, 0.1) is 0 Å². The van der Waals surface area contributed by atoms with E-state index in [2.05, 4.69) is 52.5 Å². The lowest BCUT2D eigenvalue weighted by atomic mass is 10.1. The number of ether oxygens (including phenoxy) is 1. The molecule has 1 aliphatic rings. The fourth-order valence-electron chi connectivity index (χ4n) is 2.54. The van der Waals surface area contributed by atoms with E-state index in [9.17, 15) is 0 Å². The van der Waals surface area contributed by atoms with Crippen LogP contribution < -0.4 is 0 Å². The molecule has 0 N–H and O–H groups in total. The predicted molar refractivity (Wildman–Crippen MR) is 87.6 cm³/mol. The van der Waals surface area contributed by atoms with Crippen molar-refractivity contribution < 1.29 is 4.74 Å². The summed E-state index contributed by atoms with van der Waals surface area (Å²) in [6.45, 7) is 4.71. The van der Waals surface area contributed by atoms with Crippen molar-refractivity contribution in [2.24, 2.45) is 0 Å². The van der Waals surface area contributed by atoms with Gasteiger partial charge in [0.2, 0.25) is 0 Å². The molecule has 0 saturated carbocycles. The molecule has 1 aliphatic heterocycles. The first kappa shape index (κ1) is 14.6. The van der Waals surface area contributed by atoms with Crippen molar-refractivity contribution in [3.63, 3.8) is 0 Å². The molecule has 4 heteroatoms. The second-order valence-electron chi connectivity index (χ2n) is 5.15. The van der Waals surface area contributed by atoms with E-state index in [1.165, 1.54) is 11.1 Å². The van der Waals surface area contributed by atoms with Crippen LogP contribution in [0.25, 0.3) is 11.3 Å². The van der Waals surface area contributed by atoms with Crippen molar-refractivity contribution in [3.05, 3.63) is 48.0 Å². The molecule has 2 heterocycles. The second kappa shape index (κ2) is 7.07. The Balaban J connectivity index is 1.78. The van der Waals surface area contributed by atoms with Gasteiger partial charge in [-0.15, -0.1) is 11.8 Å². The van der Waals surface area contributed by atoms with E-state index in [0.717, 1.165) is 43.6 Å². The Morgan fingerprint density at radius 2 is 1.95 bits per heavy atom. The average molecular weight is 300 g/mol. The molecule has 1 aromatic carbocycles. The molecule has 0 aliphatic carbocycles. The lowest BCUT2D eigenvalue weighted by molar-refractivity contribution is 0.0342. The van der Waals surface area contributed by atoms with Gasteiger partial charge in [-0.3, -0.25) is 4.90 Å². The fourth-order valence-corrected chi connectivity index (χ4v) is 2.94. The maximum absolute atomic E-state index is 5.40. The van der Waals surface area contributed by atoms with Crippen LogP contribution in [0.3, 0.4) is 0 Å². The van der Waals surface area contributed by atoms with E-state index in [1.54, 1.807) is 11.8 Å². The van der Waals surface area contributed by atoms with Gasteiger partial charge in [0.25, 0.3) is 0 Å². The van der Waals surface area contributed by atoms with Gasteiger partial charge < -0.3 is 4.74 Å². The van der Waals surface area contributed by atoms with Gasteiger partial charge in [0, 0.05) is 25.2 Å². The SMILES string of the molecule is CSc1cccc(-c2cccc(CN3CCOCC3)c2)n1. The zero-order valence-electron chi connectivity index (χ0n) is 12.3. The summed E-state index contributed by atoms with van der Waals surface area (Å²) in [6, 6.07) is 14.9. The number of benzene rings is 1. The standard InChI is InChI=1S/C17H20N2OS/c1-21-17-7-3-6-16(18-17)15-5-2-4-14(12-15)13-19-8-10-20-11-9-19/h2-7,12H,8-11,13H2,1H3. The minimum absolute atomic E-state index is 0.844. The van der Waals surface area contributed by atoms with Crippen LogP contribution in [-0.2, 0) is 11.3 Å². The van der Waals surface area contributed by atoms with Crippen molar-refractivity contribution in [1.82, 2.24) is 9.88 Å². The van der Waals surface area contributed by atoms with Crippen LogP contribution in [0.15, 0.2) is 47.5 Å². The van der Waals surface area contributed by atoms with E-state index in [1.807, 2.05) is 6.07 Å². The van der Waals surface area contributed by atoms with E-state index >= 15 is 0 Å². The molecule has 1 fully saturated rings. The van der Waals surface area contributed by atoms with Gasteiger partial charge >= 0.3 is 0 Å². The third-order valence-electron chi connectivity index (χ3n) is 3.67. The number of rotatable bonds is 4. The van der Waals surface area contributed by atoms with Crippen LogP contribution in [0.4, 0.5) is 0 Å². The maximum atomic E-state index is 5.40. The molecule has 0 spiro atoms. The molecule has 0 bridgehead atoms. The molecule has 0 amide bonds. The Hall–Kier alpha value is -1.36. The number of hydrogen-bond donors (Lipinski definition) is 0. The number of morpholine rings is 1. The first-order valence-electron chi connectivity index (χ1n) is 7.25. The van der Waals surface area contributed by atoms with Gasteiger partial charge in [-0.2, -0.15) is 0 Å². The Morgan fingerprint density at radius 1 is 1.14 bits per heavy atom. The molecule has 3 nitrogen and oxygen atoms in total. The number of aromatic nitrogens is 1. The highest BCUT2D eigenvalue weighted by Crippen LogP contribution is 2.22. The molecule has 3 rings (SSSR count). The highest BCUT2D eigenvalue weighted by molar-refractivity contribution is 7.98. The van der Waals surface area contributed by atoms with Crippen molar-refractivity contribution in [1.29, 1.82) is 0 Å². The largest absolute Gasteiger partial charge is 0.379 e. The van der Waals surface area contributed by atoms with Crippen molar-refractivity contribution in [3.8, 4) is 11.3 Å². The summed E-state index contributed by atoms with van der Waals surface area (Å²) in [5, 5.41) is 1.06. The first-order valence-corrected chi connectivity index (χ1v) is 8.48. The van der Waals surface area contributed by atoms with Crippen molar-refractivity contribution in [2.75, 3.05) is 32.6 Å². The van der Waals surface area contributed by atoms with Crippen LogP contribution in [0.5, 0.6) is 0 Å². The van der Waals surface area contributed by atoms with E-state index in [0.29, 0.717) is 0 Å². The molecule has 1 aromatic heterocycles. The molecule has 110 valence electrons. The highest BCUT2D eigenvalue weighted by Gasteiger charge is 2.11. The Morgan fingerprint density at radius 3 is 2.76 bits per heavy atom. The summed E-state index contributed by atoms with van der Waals surface area (Å²) in [5.74, 6) is 0. The zero-order valence-corrected chi connectivity index (χ0v) is 13.1. The normalized spacial score (nSPS) is 16.0. The van der Waals surface area contributed by atoms with Gasteiger partial charge in [0.1, 0.15) is 0 Å².